The predicted molar refractivity (Wildman–Crippen MR) is 21.7 cm³/mol. The van der Waals surface area contributed by atoms with Crippen LogP contribution in [-0.4, -0.2) is 54.1 Å². The quantitative estimate of drug-likeness (QED) is 0.580. The van der Waals surface area contributed by atoms with Gasteiger partial charge in [0.25, 0.3) is 0 Å². The average Bonchev–Trinajstić information content (AvgIpc) is 0.811. The molecular weight excluding hydrogens is 263 g/mol. The van der Waals surface area contributed by atoms with E-state index in [2.05, 4.69) is 0 Å². The molecule has 0 aliphatic rings. The molecule has 0 rings (SSSR count). The van der Waals surface area contributed by atoms with Crippen LogP contribution in [0.15, 0.2) is 0 Å². The van der Waals surface area contributed by atoms with Crippen molar-refractivity contribution in [1.82, 2.24) is 0 Å². The van der Waals surface area contributed by atoms with Crippen LogP contribution in [0.25, 0.3) is 0 Å². The van der Waals surface area contributed by atoms with Crippen molar-refractivity contribution in [2.45, 2.75) is 0 Å². The summed E-state index contributed by atoms with van der Waals surface area (Å²) < 4.78 is 0. The third kappa shape index (κ3) is 80.5. The second-order valence-electron chi connectivity index (χ2n) is 0.283. The molecule has 0 aliphatic heterocycles. The van der Waals surface area contributed by atoms with Gasteiger partial charge >= 0.3 is 43.9 Å². The van der Waals surface area contributed by atoms with Crippen molar-refractivity contribution < 1.29 is 60.6 Å². The summed E-state index contributed by atoms with van der Waals surface area (Å²) >= 11 is 0. The summed E-state index contributed by atoms with van der Waals surface area (Å²) in [4.78, 5) is 8.56. The Balaban J connectivity index is -0.0000000150. The first kappa shape index (κ1) is 23.2. The molecule has 0 heterocycles. The van der Waals surface area contributed by atoms with Crippen molar-refractivity contribution >= 4 is 43.9 Å². The fourth-order valence-electron chi connectivity index (χ4n) is 0. The molecule has 6 heteroatoms. The van der Waals surface area contributed by atoms with Crippen LogP contribution in [-0.2, 0) is 0 Å². The summed E-state index contributed by atoms with van der Waals surface area (Å²) in [5, 5.41) is 13.9. The number of hydrogen-bond donors (Lipinski definition) is 2. The molecule has 7 heavy (non-hydrogen) atoms. The van der Waals surface area contributed by atoms with Gasteiger partial charge in [-0.05, 0) is 0 Å². The molecule has 0 saturated heterocycles. The smallest absolute Gasteiger partial charge is 0 e. The summed E-state index contributed by atoms with van der Waals surface area (Å²) in [7, 11) is 0. The van der Waals surface area contributed by atoms with E-state index < -0.39 is 6.16 Å². The minimum Gasteiger partial charge on any atom is 0 e. The number of carbonyl (C=O) groups is 1. The van der Waals surface area contributed by atoms with E-state index in [-0.39, 0.29) is 83.3 Å². The third-order valence-corrected chi connectivity index (χ3v) is 0. The molecule has 0 aromatic rings. The molecule has 0 aromatic heterocycles. The van der Waals surface area contributed by atoms with Gasteiger partial charge in [-0.25, -0.2) is 4.79 Å². The van der Waals surface area contributed by atoms with E-state index in [1.165, 1.54) is 0 Å². The fourth-order valence-corrected chi connectivity index (χ4v) is 0. The summed E-state index contributed by atoms with van der Waals surface area (Å²) in [6.45, 7) is 0. The van der Waals surface area contributed by atoms with Gasteiger partial charge in [-0.2, -0.15) is 0 Å². The topological polar surface area (TPSA) is 57.5 Å². The van der Waals surface area contributed by atoms with Gasteiger partial charge in [0, 0.05) is 40.8 Å². The van der Waals surface area contributed by atoms with Crippen LogP contribution in [0.3, 0.4) is 0 Å². The van der Waals surface area contributed by atoms with Gasteiger partial charge in [-0.1, -0.05) is 0 Å². The van der Waals surface area contributed by atoms with E-state index in [0.29, 0.717) is 0 Å². The minimum atomic E-state index is -1.83. The fraction of sp³-hybridized carbons (Fsp3) is 0. The number of hydrogen-bond acceptors (Lipinski definition) is 1. The number of carboxylic acid groups (broad SMARTS) is 2. The summed E-state index contributed by atoms with van der Waals surface area (Å²) in [5.74, 6) is 0. The Morgan fingerprint density at radius 1 is 1.29 bits per heavy atom. The predicted octanol–water partition coefficient (Wildman–Crippen LogP) is -0.541. The van der Waals surface area contributed by atoms with E-state index >= 15 is 0 Å². The second-order valence-corrected chi connectivity index (χ2v) is 0.283. The van der Waals surface area contributed by atoms with Crippen molar-refractivity contribution in [1.29, 1.82) is 0 Å². The van der Waals surface area contributed by atoms with E-state index in [0.717, 1.165) is 0 Å². The Kier molecular flexibility index (Phi) is 51.9. The van der Waals surface area contributed by atoms with Crippen molar-refractivity contribution in [3.05, 3.63) is 0 Å². The molecule has 0 unspecified atom stereocenters. The zero-order chi connectivity index (χ0) is 3.58. The molecule has 0 fully saturated rings. The maximum Gasteiger partial charge on any atom is 0 e. The van der Waals surface area contributed by atoms with Crippen LogP contribution >= 0.6 is 0 Å². The minimum absolute atomic E-state index is 0. The van der Waals surface area contributed by atoms with Crippen molar-refractivity contribution in [2.75, 3.05) is 0 Å². The Labute approximate surface area is 102 Å². The van der Waals surface area contributed by atoms with Crippen molar-refractivity contribution in [3.8, 4) is 0 Å². The van der Waals surface area contributed by atoms with Gasteiger partial charge in [0.15, 0.2) is 0 Å². The molecule has 0 spiro atoms. The standard InChI is InChI=1S/CH2O3.Ca.FH.Nd.2H/c2-1(3)4;;;;;/h(H2,2,3,4);;1H;;;. The van der Waals surface area contributed by atoms with E-state index in [1.54, 1.807) is 0 Å². The van der Waals surface area contributed by atoms with Crippen molar-refractivity contribution in [3.63, 3.8) is 0 Å². The maximum atomic E-state index is 8.56. The molecule has 2 N–H and O–H groups in total. The van der Waals surface area contributed by atoms with Crippen LogP contribution in [0, 0.1) is 40.8 Å². The first-order valence-electron chi connectivity index (χ1n) is 0.651. The molecule has 3 nitrogen and oxygen atoms in total. The molecule has 0 aromatic carbocycles. The molecule has 0 saturated carbocycles. The molecular formula is CH5CaFNdO3. The van der Waals surface area contributed by atoms with Crippen LogP contribution in [0.4, 0.5) is 9.50 Å². The third-order valence-electron chi connectivity index (χ3n) is 0. The Hall–Kier alpha value is 1.81. The van der Waals surface area contributed by atoms with E-state index in [9.17, 15) is 0 Å². The van der Waals surface area contributed by atoms with E-state index in [4.69, 9.17) is 15.0 Å². The molecule has 0 aliphatic carbocycles. The second kappa shape index (κ2) is 15.7. The Bertz CT molecular complexity index is 37.9. The molecule has 40 valence electrons. The van der Waals surface area contributed by atoms with Gasteiger partial charge in [-0.15, -0.1) is 0 Å². The Morgan fingerprint density at radius 3 is 1.29 bits per heavy atom. The molecule has 0 atom stereocenters. The monoisotopic (exact) mass is 266 g/mol. The zero-order valence-electron chi connectivity index (χ0n) is 2.71. The van der Waals surface area contributed by atoms with Gasteiger partial charge in [0.05, 0.1) is 0 Å². The van der Waals surface area contributed by atoms with Crippen LogP contribution < -0.4 is 0 Å². The first-order valence-corrected chi connectivity index (χ1v) is 0.651. The van der Waals surface area contributed by atoms with E-state index in [1.807, 2.05) is 0 Å². The Morgan fingerprint density at radius 2 is 1.29 bits per heavy atom. The summed E-state index contributed by atoms with van der Waals surface area (Å²) in [6, 6.07) is 0. The molecule has 0 bridgehead atoms. The number of rotatable bonds is 0. The summed E-state index contributed by atoms with van der Waals surface area (Å²) in [5.41, 5.74) is 0. The van der Waals surface area contributed by atoms with Crippen LogP contribution in [0.5, 0.6) is 0 Å². The van der Waals surface area contributed by atoms with Crippen LogP contribution in [0.2, 0.25) is 0 Å². The molecule has 0 radical (unpaired) electrons. The van der Waals surface area contributed by atoms with Gasteiger partial charge < -0.3 is 10.2 Å². The van der Waals surface area contributed by atoms with Gasteiger partial charge in [0.1, 0.15) is 0 Å². The largest absolute Gasteiger partial charge is 0 e. The molecule has 0 amide bonds. The zero-order valence-corrected chi connectivity index (χ0v) is 5.92. The van der Waals surface area contributed by atoms with Crippen molar-refractivity contribution in [2.24, 2.45) is 0 Å². The van der Waals surface area contributed by atoms with Crippen LogP contribution in [0.1, 0.15) is 0 Å². The normalized spacial score (nSPS) is 3.43. The maximum absolute atomic E-state index is 8.56. The van der Waals surface area contributed by atoms with Gasteiger partial charge in [0.2, 0.25) is 0 Å². The summed E-state index contributed by atoms with van der Waals surface area (Å²) in [6.07, 6.45) is -1.83. The SMILES string of the molecule is F.O=C(O)O.[CaH2].[Nd]. The first-order chi connectivity index (χ1) is 1.73. The van der Waals surface area contributed by atoms with Gasteiger partial charge in [-0.3, -0.25) is 4.70 Å². The number of halogens is 1. The average molecular weight is 268 g/mol.